The number of allylic oxidation sites excluding steroid dienone is 22. The highest BCUT2D eigenvalue weighted by molar-refractivity contribution is 7.47. The molecule has 0 rings (SSSR count). The van der Waals surface area contributed by atoms with Crippen molar-refractivity contribution < 1.29 is 52.2 Å². The molecule has 0 aromatic carbocycles. The molecule has 0 aliphatic rings. The van der Waals surface area contributed by atoms with E-state index in [-0.39, 0.29) is 25.9 Å². The fourth-order valence-corrected chi connectivity index (χ4v) is 8.02. The van der Waals surface area contributed by atoms with Gasteiger partial charge in [0.25, 0.3) is 0 Å². The standard InChI is InChI=1S/C64H103O11P/c1-4-7-10-13-16-19-22-25-27-29-30-32-33-36-38-41-44-47-50-53-62(66)71-57-61(75-64(68)55-52-49-46-43-40-37-34-31-28-26-23-20-17-14-11-8-5-2)59-73-76(69,70)72-58-60(56-65)74-63(67)54-51-48-45-42-39-35-24-21-18-15-12-9-6-3/h7-12,16-21,25-28,30,32,35-36,38-39,60-61,65H,4-6,13-15,22-24,29,31,33-34,37,40-59H2,1-3H3,(H,69,70)/b10-7-,11-8-,12-9-,19-16-,20-17-,21-18-,27-25-,28-26-,32-30-,38-36-,39-35-. The maximum absolute atomic E-state index is 12.9. The first kappa shape index (κ1) is 71.6. The number of unbranched alkanes of at least 4 members (excludes halogenated alkanes) is 13. The molecule has 0 aromatic rings. The highest BCUT2D eigenvalue weighted by atomic mass is 31.2. The van der Waals surface area contributed by atoms with Crippen molar-refractivity contribution in [1.29, 1.82) is 0 Å². The third-order valence-electron chi connectivity index (χ3n) is 11.6. The Bertz CT molecular complexity index is 1780. The van der Waals surface area contributed by atoms with Gasteiger partial charge in [0.15, 0.2) is 6.10 Å². The third-order valence-corrected chi connectivity index (χ3v) is 12.5. The van der Waals surface area contributed by atoms with Gasteiger partial charge in [-0.2, -0.15) is 0 Å². The summed E-state index contributed by atoms with van der Waals surface area (Å²) in [4.78, 5) is 48.6. The van der Waals surface area contributed by atoms with Gasteiger partial charge in [-0.15, -0.1) is 0 Å². The van der Waals surface area contributed by atoms with Gasteiger partial charge in [0, 0.05) is 19.3 Å². The van der Waals surface area contributed by atoms with Gasteiger partial charge in [-0.3, -0.25) is 23.4 Å². The molecule has 430 valence electrons. The first-order valence-corrected chi connectivity index (χ1v) is 30.6. The van der Waals surface area contributed by atoms with E-state index in [1.807, 2.05) is 0 Å². The molecule has 11 nitrogen and oxygen atoms in total. The predicted octanol–water partition coefficient (Wildman–Crippen LogP) is 17.4. The summed E-state index contributed by atoms with van der Waals surface area (Å²) in [6.07, 6.45) is 71.3. The van der Waals surface area contributed by atoms with Crippen LogP contribution in [0.5, 0.6) is 0 Å². The minimum atomic E-state index is -4.78. The second-order valence-electron chi connectivity index (χ2n) is 18.7. The number of ether oxygens (including phenoxy) is 3. The molecule has 0 bridgehead atoms. The quantitative estimate of drug-likeness (QED) is 0.0197. The molecule has 0 heterocycles. The molecule has 12 heteroatoms. The van der Waals surface area contributed by atoms with Gasteiger partial charge in [-0.1, -0.05) is 199 Å². The predicted molar refractivity (Wildman–Crippen MR) is 316 cm³/mol. The normalized spacial score (nSPS) is 14.3. The Balaban J connectivity index is 4.85. The van der Waals surface area contributed by atoms with Crippen LogP contribution in [0.1, 0.15) is 213 Å². The van der Waals surface area contributed by atoms with Crippen molar-refractivity contribution in [3.05, 3.63) is 134 Å². The molecule has 0 saturated carbocycles. The topological polar surface area (TPSA) is 155 Å². The van der Waals surface area contributed by atoms with Crippen LogP contribution in [0, 0.1) is 0 Å². The number of aliphatic hydroxyl groups excluding tert-OH is 1. The van der Waals surface area contributed by atoms with E-state index in [0.717, 1.165) is 154 Å². The summed E-state index contributed by atoms with van der Waals surface area (Å²) >= 11 is 0. The third kappa shape index (κ3) is 54.4. The minimum Gasteiger partial charge on any atom is -0.462 e. The number of rotatable bonds is 52. The SMILES string of the molecule is CC/C=C\C/C=C\C/C=C\C/C=C\C/C=C\CCCCCC(=O)OCC(COP(=O)(O)OCC(CO)OC(=O)CCCCC/C=C\C/C=C\C/C=C\CC)OC(=O)CCCCCCCCC/C=C\C/C=C\C/C=C\CC. The Kier molecular flexibility index (Phi) is 53.5. The number of hydrogen-bond donors (Lipinski definition) is 2. The molecule has 0 radical (unpaired) electrons. The summed E-state index contributed by atoms with van der Waals surface area (Å²) in [6, 6.07) is 0. The van der Waals surface area contributed by atoms with Gasteiger partial charge in [-0.05, 0) is 128 Å². The molecule has 0 saturated heterocycles. The maximum atomic E-state index is 12.9. The Morgan fingerprint density at radius 1 is 0.368 bits per heavy atom. The van der Waals surface area contributed by atoms with Crippen LogP contribution in [0.25, 0.3) is 0 Å². The van der Waals surface area contributed by atoms with Gasteiger partial charge in [0.05, 0.1) is 19.8 Å². The van der Waals surface area contributed by atoms with E-state index in [9.17, 15) is 28.9 Å². The maximum Gasteiger partial charge on any atom is 0.472 e. The Morgan fingerprint density at radius 3 is 1.00 bits per heavy atom. The van der Waals surface area contributed by atoms with E-state index in [4.69, 9.17) is 23.3 Å². The smallest absolute Gasteiger partial charge is 0.462 e. The van der Waals surface area contributed by atoms with Crippen LogP contribution >= 0.6 is 7.82 Å². The summed E-state index contributed by atoms with van der Waals surface area (Å²) in [5, 5.41) is 9.81. The first-order chi connectivity index (χ1) is 37.2. The fraction of sp³-hybridized carbons (Fsp3) is 0.609. The monoisotopic (exact) mass is 1080 g/mol. The molecule has 0 spiro atoms. The summed E-state index contributed by atoms with van der Waals surface area (Å²) in [7, 11) is -4.78. The highest BCUT2D eigenvalue weighted by Crippen LogP contribution is 2.43. The summed E-state index contributed by atoms with van der Waals surface area (Å²) < 4.78 is 39.5. The number of hydrogen-bond acceptors (Lipinski definition) is 10. The first-order valence-electron chi connectivity index (χ1n) is 29.1. The van der Waals surface area contributed by atoms with E-state index >= 15 is 0 Å². The molecule has 0 aliphatic carbocycles. The van der Waals surface area contributed by atoms with E-state index in [0.29, 0.717) is 19.3 Å². The number of esters is 3. The molecule has 76 heavy (non-hydrogen) atoms. The average Bonchev–Trinajstić information content (AvgIpc) is 3.41. The van der Waals surface area contributed by atoms with Gasteiger partial charge in [0.1, 0.15) is 12.7 Å². The molecule has 0 aromatic heterocycles. The van der Waals surface area contributed by atoms with Crippen LogP contribution in [-0.4, -0.2) is 66.5 Å². The van der Waals surface area contributed by atoms with Gasteiger partial charge in [-0.25, -0.2) is 4.57 Å². The lowest BCUT2D eigenvalue weighted by Crippen LogP contribution is -2.30. The van der Waals surface area contributed by atoms with Gasteiger partial charge in [0.2, 0.25) is 0 Å². The van der Waals surface area contributed by atoms with Crippen LogP contribution in [0.2, 0.25) is 0 Å². The van der Waals surface area contributed by atoms with E-state index in [1.54, 1.807) is 0 Å². The Morgan fingerprint density at radius 2 is 0.645 bits per heavy atom. The van der Waals surface area contributed by atoms with Crippen molar-refractivity contribution in [3.63, 3.8) is 0 Å². The van der Waals surface area contributed by atoms with Crippen LogP contribution in [-0.2, 0) is 42.2 Å². The van der Waals surface area contributed by atoms with Crippen molar-refractivity contribution in [2.75, 3.05) is 26.4 Å². The van der Waals surface area contributed by atoms with Crippen molar-refractivity contribution >= 4 is 25.7 Å². The summed E-state index contributed by atoms with van der Waals surface area (Å²) in [5.74, 6) is -1.56. The largest absolute Gasteiger partial charge is 0.472 e. The molecular formula is C64H103O11P. The molecule has 0 aliphatic heterocycles. The number of carbonyl (C=O) groups is 3. The number of phosphoric acid groups is 1. The summed E-state index contributed by atoms with van der Waals surface area (Å²) in [5.41, 5.74) is 0. The van der Waals surface area contributed by atoms with Crippen LogP contribution in [0.4, 0.5) is 0 Å². The van der Waals surface area contributed by atoms with E-state index < -0.39 is 57.8 Å². The molecule has 2 N–H and O–H groups in total. The zero-order valence-electron chi connectivity index (χ0n) is 47.4. The molecule has 0 fully saturated rings. The second-order valence-corrected chi connectivity index (χ2v) is 20.1. The molecular weight excluding hydrogens is 976 g/mol. The second kappa shape index (κ2) is 56.8. The van der Waals surface area contributed by atoms with E-state index in [2.05, 4.69) is 154 Å². The van der Waals surface area contributed by atoms with Crippen molar-refractivity contribution in [3.8, 4) is 0 Å². The number of carbonyl (C=O) groups excluding carboxylic acids is 3. The lowest BCUT2D eigenvalue weighted by Gasteiger charge is -2.21. The van der Waals surface area contributed by atoms with Crippen LogP contribution in [0.3, 0.4) is 0 Å². The Hall–Kier alpha value is -4.38. The van der Waals surface area contributed by atoms with Crippen LogP contribution in [0.15, 0.2) is 134 Å². The van der Waals surface area contributed by atoms with Crippen molar-refractivity contribution in [2.45, 2.75) is 226 Å². The average molecular weight is 1080 g/mol. The van der Waals surface area contributed by atoms with Gasteiger partial charge < -0.3 is 24.2 Å². The van der Waals surface area contributed by atoms with E-state index in [1.165, 1.54) is 0 Å². The fourth-order valence-electron chi connectivity index (χ4n) is 7.23. The zero-order valence-corrected chi connectivity index (χ0v) is 48.3. The lowest BCUT2D eigenvalue weighted by atomic mass is 10.1. The molecule has 0 amide bonds. The van der Waals surface area contributed by atoms with Crippen molar-refractivity contribution in [1.82, 2.24) is 0 Å². The summed E-state index contributed by atoms with van der Waals surface area (Å²) in [6.45, 7) is 4.20. The van der Waals surface area contributed by atoms with Crippen LogP contribution < -0.4 is 0 Å². The van der Waals surface area contributed by atoms with Gasteiger partial charge >= 0.3 is 25.7 Å². The Labute approximate surface area is 461 Å². The molecule has 3 atom stereocenters. The minimum absolute atomic E-state index is 0.132. The zero-order chi connectivity index (χ0) is 55.5. The highest BCUT2D eigenvalue weighted by Gasteiger charge is 2.28. The van der Waals surface area contributed by atoms with Crippen molar-refractivity contribution in [2.24, 2.45) is 0 Å². The lowest BCUT2D eigenvalue weighted by molar-refractivity contribution is -0.161. The molecule has 3 unspecified atom stereocenters. The number of phosphoric ester groups is 1. The number of aliphatic hydroxyl groups is 1.